The summed E-state index contributed by atoms with van der Waals surface area (Å²) in [6.07, 6.45) is -3.10. The number of anilines is 1. The smallest absolute Gasteiger partial charge is 0.416 e. The number of hydrogen-bond donors (Lipinski definition) is 1. The summed E-state index contributed by atoms with van der Waals surface area (Å²) >= 11 is 5.88. The minimum Gasteiger partial charge on any atom is -0.466 e. The minimum absolute atomic E-state index is 0.0226. The fourth-order valence-electron chi connectivity index (χ4n) is 2.84. The van der Waals surface area contributed by atoms with Crippen molar-refractivity contribution >= 4 is 29.2 Å². The van der Waals surface area contributed by atoms with Crippen LogP contribution in [0.4, 0.5) is 18.9 Å². The maximum absolute atomic E-state index is 12.8. The maximum atomic E-state index is 12.8. The second-order valence-electron chi connectivity index (χ2n) is 6.07. The molecule has 26 heavy (non-hydrogen) atoms. The first kappa shape index (κ1) is 20.5. The normalized spacial score (nSPS) is 18.4. The van der Waals surface area contributed by atoms with Gasteiger partial charge in [0.05, 0.1) is 35.3 Å². The van der Waals surface area contributed by atoms with Crippen LogP contribution in [0.2, 0.25) is 5.02 Å². The number of likely N-dealkylation sites (tertiary alicyclic amines) is 1. The summed E-state index contributed by atoms with van der Waals surface area (Å²) in [5.74, 6) is -1.08. The van der Waals surface area contributed by atoms with Crippen molar-refractivity contribution in [2.24, 2.45) is 5.92 Å². The van der Waals surface area contributed by atoms with Crippen LogP contribution in [0.15, 0.2) is 18.2 Å². The van der Waals surface area contributed by atoms with Crippen LogP contribution in [-0.2, 0) is 20.5 Å². The second-order valence-corrected chi connectivity index (χ2v) is 6.47. The number of hydrogen-bond acceptors (Lipinski definition) is 4. The Kier molecular flexibility index (Phi) is 6.88. The molecular formula is C17H20ClF3N2O3. The van der Waals surface area contributed by atoms with Crippen LogP contribution in [0.1, 0.15) is 25.3 Å². The highest BCUT2D eigenvalue weighted by Crippen LogP contribution is 2.33. The van der Waals surface area contributed by atoms with E-state index in [1.54, 1.807) is 11.8 Å². The van der Waals surface area contributed by atoms with E-state index in [0.717, 1.165) is 24.6 Å². The minimum atomic E-state index is -4.52. The van der Waals surface area contributed by atoms with E-state index in [2.05, 4.69) is 5.32 Å². The number of rotatable bonds is 5. The molecular weight excluding hydrogens is 373 g/mol. The van der Waals surface area contributed by atoms with E-state index in [9.17, 15) is 22.8 Å². The SMILES string of the molecule is CCOC(=O)[C@@H]1CCCN(CC(=O)Nc2cc(C(F)(F)F)ccc2Cl)C1. The Morgan fingerprint density at radius 2 is 2.12 bits per heavy atom. The predicted octanol–water partition coefficient (Wildman–Crippen LogP) is 3.57. The third-order valence-corrected chi connectivity index (χ3v) is 4.39. The molecule has 0 bridgehead atoms. The molecule has 0 unspecified atom stereocenters. The summed E-state index contributed by atoms with van der Waals surface area (Å²) in [5, 5.41) is 2.43. The molecule has 1 saturated heterocycles. The molecule has 0 spiro atoms. The zero-order chi connectivity index (χ0) is 19.3. The fourth-order valence-corrected chi connectivity index (χ4v) is 3.01. The first-order valence-electron chi connectivity index (χ1n) is 8.26. The Morgan fingerprint density at radius 3 is 2.77 bits per heavy atom. The summed E-state index contributed by atoms with van der Waals surface area (Å²) in [5.41, 5.74) is -0.983. The lowest BCUT2D eigenvalue weighted by Crippen LogP contribution is -2.43. The van der Waals surface area contributed by atoms with Gasteiger partial charge in [0.1, 0.15) is 0 Å². The Hall–Kier alpha value is -1.80. The summed E-state index contributed by atoms with van der Waals surface area (Å²) < 4.78 is 43.4. The van der Waals surface area contributed by atoms with Crippen molar-refractivity contribution in [2.75, 3.05) is 31.6 Å². The molecule has 5 nitrogen and oxygen atoms in total. The van der Waals surface area contributed by atoms with Crippen molar-refractivity contribution < 1.29 is 27.5 Å². The molecule has 144 valence electrons. The quantitative estimate of drug-likeness (QED) is 0.778. The molecule has 0 aliphatic carbocycles. The van der Waals surface area contributed by atoms with E-state index in [0.29, 0.717) is 26.1 Å². The van der Waals surface area contributed by atoms with E-state index in [-0.39, 0.29) is 29.1 Å². The Balaban J connectivity index is 1.97. The number of nitrogens with zero attached hydrogens (tertiary/aromatic N) is 1. The number of piperidine rings is 1. The van der Waals surface area contributed by atoms with Crippen LogP contribution in [0.25, 0.3) is 0 Å². The van der Waals surface area contributed by atoms with Crippen LogP contribution >= 0.6 is 11.6 Å². The van der Waals surface area contributed by atoms with Crippen LogP contribution in [0, 0.1) is 5.92 Å². The fraction of sp³-hybridized carbons (Fsp3) is 0.529. The number of nitrogens with one attached hydrogen (secondary N) is 1. The molecule has 0 radical (unpaired) electrons. The third-order valence-electron chi connectivity index (χ3n) is 4.06. The Morgan fingerprint density at radius 1 is 1.38 bits per heavy atom. The van der Waals surface area contributed by atoms with Gasteiger partial charge in [0.25, 0.3) is 0 Å². The van der Waals surface area contributed by atoms with Crippen molar-refractivity contribution in [3.63, 3.8) is 0 Å². The number of alkyl halides is 3. The van der Waals surface area contributed by atoms with Gasteiger partial charge in [0.2, 0.25) is 5.91 Å². The number of benzene rings is 1. The molecule has 9 heteroatoms. The van der Waals surface area contributed by atoms with E-state index >= 15 is 0 Å². The monoisotopic (exact) mass is 392 g/mol. The standard InChI is InChI=1S/C17H20ClF3N2O3/c1-2-26-16(25)11-4-3-7-23(9-11)10-15(24)22-14-8-12(17(19,20)21)5-6-13(14)18/h5-6,8,11H,2-4,7,9-10H2,1H3,(H,22,24)/t11-/m1/s1. The largest absolute Gasteiger partial charge is 0.466 e. The Labute approximate surface area is 154 Å². The van der Waals surface area contributed by atoms with E-state index < -0.39 is 17.6 Å². The predicted molar refractivity (Wildman–Crippen MR) is 90.9 cm³/mol. The van der Waals surface area contributed by atoms with Gasteiger partial charge in [-0.1, -0.05) is 11.6 Å². The second kappa shape index (κ2) is 8.73. The van der Waals surface area contributed by atoms with Crippen LogP contribution in [0.3, 0.4) is 0 Å². The van der Waals surface area contributed by atoms with Gasteiger partial charge in [-0.3, -0.25) is 14.5 Å². The van der Waals surface area contributed by atoms with Crippen molar-refractivity contribution in [3.05, 3.63) is 28.8 Å². The van der Waals surface area contributed by atoms with Gasteiger partial charge in [0, 0.05) is 6.54 Å². The number of amides is 1. The third kappa shape index (κ3) is 5.60. The molecule has 1 aliphatic heterocycles. The van der Waals surface area contributed by atoms with E-state index in [1.807, 2.05) is 0 Å². The van der Waals surface area contributed by atoms with Gasteiger partial charge < -0.3 is 10.1 Å². The summed E-state index contributed by atoms with van der Waals surface area (Å²) in [6.45, 7) is 2.99. The average Bonchev–Trinajstić information content (AvgIpc) is 2.56. The topological polar surface area (TPSA) is 58.6 Å². The van der Waals surface area contributed by atoms with Gasteiger partial charge in [-0.2, -0.15) is 13.2 Å². The first-order valence-corrected chi connectivity index (χ1v) is 8.64. The number of esters is 1. The molecule has 2 rings (SSSR count). The number of carbonyl (C=O) groups excluding carboxylic acids is 2. The molecule has 0 saturated carbocycles. The molecule has 1 aromatic carbocycles. The van der Waals surface area contributed by atoms with Gasteiger partial charge in [-0.05, 0) is 44.5 Å². The van der Waals surface area contributed by atoms with Crippen molar-refractivity contribution in [2.45, 2.75) is 25.9 Å². The highest BCUT2D eigenvalue weighted by atomic mass is 35.5. The zero-order valence-electron chi connectivity index (χ0n) is 14.2. The van der Waals surface area contributed by atoms with Crippen LogP contribution in [-0.4, -0.2) is 43.0 Å². The first-order chi connectivity index (χ1) is 12.2. The molecule has 1 aromatic rings. The van der Waals surface area contributed by atoms with Gasteiger partial charge in [0.15, 0.2) is 0 Å². The zero-order valence-corrected chi connectivity index (χ0v) is 15.0. The lowest BCUT2D eigenvalue weighted by Gasteiger charge is -2.30. The number of carbonyl (C=O) groups is 2. The van der Waals surface area contributed by atoms with Crippen LogP contribution < -0.4 is 5.32 Å². The molecule has 1 fully saturated rings. The summed E-state index contributed by atoms with van der Waals surface area (Å²) in [4.78, 5) is 25.8. The van der Waals surface area contributed by atoms with Crippen LogP contribution in [0.5, 0.6) is 0 Å². The van der Waals surface area contributed by atoms with Crippen molar-refractivity contribution in [1.82, 2.24) is 4.90 Å². The number of halogens is 4. The molecule has 1 atom stereocenters. The lowest BCUT2D eigenvalue weighted by molar-refractivity contribution is -0.150. The number of ether oxygens (including phenoxy) is 1. The van der Waals surface area contributed by atoms with E-state index in [1.165, 1.54) is 0 Å². The average molecular weight is 393 g/mol. The molecule has 1 heterocycles. The highest BCUT2D eigenvalue weighted by molar-refractivity contribution is 6.33. The summed E-state index contributed by atoms with van der Waals surface area (Å²) in [7, 11) is 0. The Bertz CT molecular complexity index is 667. The summed E-state index contributed by atoms with van der Waals surface area (Å²) in [6, 6.07) is 2.75. The molecule has 1 aliphatic rings. The highest BCUT2D eigenvalue weighted by Gasteiger charge is 2.31. The van der Waals surface area contributed by atoms with Crippen molar-refractivity contribution in [1.29, 1.82) is 0 Å². The van der Waals surface area contributed by atoms with Gasteiger partial charge in [-0.15, -0.1) is 0 Å². The van der Waals surface area contributed by atoms with Gasteiger partial charge >= 0.3 is 12.1 Å². The maximum Gasteiger partial charge on any atom is 0.416 e. The van der Waals surface area contributed by atoms with E-state index in [4.69, 9.17) is 16.3 Å². The molecule has 1 amide bonds. The van der Waals surface area contributed by atoms with Gasteiger partial charge in [-0.25, -0.2) is 0 Å². The molecule has 0 aromatic heterocycles. The molecule has 1 N–H and O–H groups in total. The lowest BCUT2D eigenvalue weighted by atomic mass is 9.98. The van der Waals surface area contributed by atoms with Crippen molar-refractivity contribution in [3.8, 4) is 0 Å².